The molecular weight excluding hydrogens is 297 g/mol. The van der Waals surface area contributed by atoms with E-state index in [0.29, 0.717) is 0 Å². The number of nitrogens with one attached hydrogen (secondary N) is 1. The van der Waals surface area contributed by atoms with E-state index in [1.807, 2.05) is 18.2 Å². The van der Waals surface area contributed by atoms with Crippen molar-refractivity contribution < 1.29 is 0 Å². The Kier molecular flexibility index (Phi) is 5.28. The minimum Gasteiger partial charge on any atom is -0.310 e. The first kappa shape index (κ1) is 14.9. The SMILES string of the molecule is CCNC(Cc1ccc(Cl)s1)c1cccc(Cl)c1C. The summed E-state index contributed by atoms with van der Waals surface area (Å²) in [6.07, 6.45) is 0.937. The summed E-state index contributed by atoms with van der Waals surface area (Å²) < 4.78 is 0.841. The molecule has 4 heteroatoms. The number of rotatable bonds is 5. The van der Waals surface area contributed by atoms with Gasteiger partial charge in [0.1, 0.15) is 0 Å². The molecule has 2 aromatic rings. The van der Waals surface area contributed by atoms with Gasteiger partial charge in [0.05, 0.1) is 4.34 Å². The van der Waals surface area contributed by atoms with Crippen LogP contribution < -0.4 is 5.32 Å². The van der Waals surface area contributed by atoms with Gasteiger partial charge in [-0.05, 0) is 42.8 Å². The normalized spacial score (nSPS) is 12.6. The fourth-order valence-corrected chi connectivity index (χ4v) is 3.52. The zero-order valence-corrected chi connectivity index (χ0v) is 13.4. The maximum absolute atomic E-state index is 6.22. The fraction of sp³-hybridized carbons (Fsp3) is 0.333. The third-order valence-corrected chi connectivity index (χ3v) is 4.83. The van der Waals surface area contributed by atoms with Gasteiger partial charge in [0, 0.05) is 22.4 Å². The first-order valence-corrected chi connectivity index (χ1v) is 7.91. The average molecular weight is 314 g/mol. The summed E-state index contributed by atoms with van der Waals surface area (Å²) in [5.74, 6) is 0. The number of hydrogen-bond donors (Lipinski definition) is 1. The van der Waals surface area contributed by atoms with Crippen LogP contribution in [0.1, 0.15) is 29.0 Å². The second kappa shape index (κ2) is 6.76. The maximum Gasteiger partial charge on any atom is 0.0931 e. The molecule has 0 aliphatic heterocycles. The molecule has 0 aliphatic carbocycles. The van der Waals surface area contributed by atoms with Crippen LogP contribution in [-0.4, -0.2) is 6.54 Å². The van der Waals surface area contributed by atoms with Crippen molar-refractivity contribution in [3.8, 4) is 0 Å². The summed E-state index contributed by atoms with van der Waals surface area (Å²) in [4.78, 5) is 1.29. The smallest absolute Gasteiger partial charge is 0.0931 e. The van der Waals surface area contributed by atoms with E-state index in [1.54, 1.807) is 11.3 Å². The van der Waals surface area contributed by atoms with Gasteiger partial charge in [0.15, 0.2) is 0 Å². The first-order valence-electron chi connectivity index (χ1n) is 6.34. The van der Waals surface area contributed by atoms with Crippen LogP contribution in [-0.2, 0) is 6.42 Å². The summed E-state index contributed by atoms with van der Waals surface area (Å²) >= 11 is 13.9. The van der Waals surface area contributed by atoms with Gasteiger partial charge in [0.2, 0.25) is 0 Å². The van der Waals surface area contributed by atoms with E-state index >= 15 is 0 Å². The fourth-order valence-electron chi connectivity index (χ4n) is 2.20. The summed E-state index contributed by atoms with van der Waals surface area (Å²) in [5.41, 5.74) is 2.41. The Balaban J connectivity index is 2.26. The quantitative estimate of drug-likeness (QED) is 0.794. The molecule has 0 saturated carbocycles. The molecule has 0 spiro atoms. The van der Waals surface area contributed by atoms with Gasteiger partial charge in [-0.1, -0.05) is 42.3 Å². The van der Waals surface area contributed by atoms with Gasteiger partial charge in [-0.25, -0.2) is 0 Å². The highest BCUT2D eigenvalue weighted by Crippen LogP contribution is 2.30. The van der Waals surface area contributed by atoms with Crippen LogP contribution in [0.2, 0.25) is 9.36 Å². The van der Waals surface area contributed by atoms with E-state index < -0.39 is 0 Å². The van der Waals surface area contributed by atoms with Crippen LogP contribution in [0.4, 0.5) is 0 Å². The van der Waals surface area contributed by atoms with Gasteiger partial charge in [-0.3, -0.25) is 0 Å². The largest absolute Gasteiger partial charge is 0.310 e. The number of likely N-dealkylation sites (N-methyl/N-ethyl adjacent to an activating group) is 1. The van der Waals surface area contributed by atoms with Gasteiger partial charge >= 0.3 is 0 Å². The van der Waals surface area contributed by atoms with Crippen LogP contribution in [0.15, 0.2) is 30.3 Å². The molecule has 2 rings (SSSR count). The van der Waals surface area contributed by atoms with Crippen molar-refractivity contribution in [3.05, 3.63) is 55.7 Å². The lowest BCUT2D eigenvalue weighted by atomic mass is 9.98. The van der Waals surface area contributed by atoms with E-state index in [9.17, 15) is 0 Å². The Labute approximate surface area is 128 Å². The van der Waals surface area contributed by atoms with Crippen molar-refractivity contribution in [1.82, 2.24) is 5.32 Å². The predicted molar refractivity (Wildman–Crippen MR) is 85.6 cm³/mol. The minimum atomic E-state index is 0.276. The molecule has 0 radical (unpaired) electrons. The Morgan fingerprint density at radius 2 is 2.00 bits per heavy atom. The highest BCUT2D eigenvalue weighted by Gasteiger charge is 2.15. The molecule has 1 aromatic carbocycles. The number of halogens is 2. The number of benzene rings is 1. The van der Waals surface area contributed by atoms with E-state index in [2.05, 4.69) is 31.3 Å². The van der Waals surface area contributed by atoms with Crippen molar-refractivity contribution in [3.63, 3.8) is 0 Å². The Bertz CT molecular complexity index is 551. The number of thiophene rings is 1. The van der Waals surface area contributed by atoms with Crippen molar-refractivity contribution in [2.24, 2.45) is 0 Å². The topological polar surface area (TPSA) is 12.0 Å². The first-order chi connectivity index (χ1) is 9.11. The molecule has 1 atom stereocenters. The predicted octanol–water partition coefficient (Wildman–Crippen LogP) is 5.26. The van der Waals surface area contributed by atoms with Gasteiger partial charge < -0.3 is 5.32 Å². The lowest BCUT2D eigenvalue weighted by Crippen LogP contribution is -2.23. The Morgan fingerprint density at radius 3 is 2.63 bits per heavy atom. The van der Waals surface area contributed by atoms with Crippen LogP contribution in [0, 0.1) is 6.92 Å². The molecule has 1 heterocycles. The molecule has 0 saturated heterocycles. The van der Waals surface area contributed by atoms with Crippen LogP contribution >= 0.6 is 34.5 Å². The molecule has 0 amide bonds. The standard InChI is InChI=1S/C15H17Cl2NS/c1-3-18-14(9-11-7-8-15(17)19-11)12-5-4-6-13(16)10(12)2/h4-8,14,18H,3,9H2,1-2H3. The average Bonchev–Trinajstić information content (AvgIpc) is 2.78. The molecule has 1 N–H and O–H groups in total. The minimum absolute atomic E-state index is 0.276. The van der Waals surface area contributed by atoms with Gasteiger partial charge in [0.25, 0.3) is 0 Å². The summed E-state index contributed by atoms with van der Waals surface area (Å²) in [5, 5.41) is 4.35. The van der Waals surface area contributed by atoms with Gasteiger partial charge in [-0.2, -0.15) is 0 Å². The molecule has 0 fully saturated rings. The van der Waals surface area contributed by atoms with Gasteiger partial charge in [-0.15, -0.1) is 11.3 Å². The molecule has 1 nitrogen and oxygen atoms in total. The van der Waals surface area contributed by atoms with Crippen molar-refractivity contribution in [2.45, 2.75) is 26.3 Å². The maximum atomic E-state index is 6.22. The zero-order valence-electron chi connectivity index (χ0n) is 11.0. The van der Waals surface area contributed by atoms with Crippen LogP contribution in [0.5, 0.6) is 0 Å². The second-order valence-electron chi connectivity index (χ2n) is 4.47. The van der Waals surface area contributed by atoms with E-state index in [4.69, 9.17) is 23.2 Å². The molecule has 19 heavy (non-hydrogen) atoms. The van der Waals surface area contributed by atoms with Crippen molar-refractivity contribution in [2.75, 3.05) is 6.54 Å². The molecule has 102 valence electrons. The lowest BCUT2D eigenvalue weighted by molar-refractivity contribution is 0.551. The van der Waals surface area contributed by atoms with E-state index in [0.717, 1.165) is 27.9 Å². The van der Waals surface area contributed by atoms with Crippen molar-refractivity contribution in [1.29, 1.82) is 0 Å². The molecular formula is C15H17Cl2NS. The summed E-state index contributed by atoms with van der Waals surface area (Å²) in [6, 6.07) is 10.4. The molecule has 0 aliphatic rings. The Morgan fingerprint density at radius 1 is 1.21 bits per heavy atom. The van der Waals surface area contributed by atoms with Crippen LogP contribution in [0.3, 0.4) is 0 Å². The van der Waals surface area contributed by atoms with E-state index in [1.165, 1.54) is 10.4 Å². The third kappa shape index (κ3) is 3.73. The summed E-state index contributed by atoms with van der Waals surface area (Å²) in [7, 11) is 0. The van der Waals surface area contributed by atoms with Crippen LogP contribution in [0.25, 0.3) is 0 Å². The number of hydrogen-bond acceptors (Lipinski definition) is 2. The lowest BCUT2D eigenvalue weighted by Gasteiger charge is -2.20. The highest BCUT2D eigenvalue weighted by atomic mass is 35.5. The third-order valence-electron chi connectivity index (χ3n) is 3.17. The highest BCUT2D eigenvalue weighted by molar-refractivity contribution is 7.16. The zero-order chi connectivity index (χ0) is 13.8. The Hall–Kier alpha value is -0.540. The van der Waals surface area contributed by atoms with Crippen molar-refractivity contribution >= 4 is 34.5 Å². The monoisotopic (exact) mass is 313 g/mol. The molecule has 1 aromatic heterocycles. The van der Waals surface area contributed by atoms with E-state index in [-0.39, 0.29) is 6.04 Å². The molecule has 1 unspecified atom stereocenters. The molecule has 0 bridgehead atoms. The second-order valence-corrected chi connectivity index (χ2v) is 6.68. The summed E-state index contributed by atoms with van der Waals surface area (Å²) in [6.45, 7) is 5.12.